The molecule has 0 aliphatic carbocycles. The Labute approximate surface area is 227 Å². The van der Waals surface area contributed by atoms with E-state index in [0.717, 1.165) is 6.04 Å². The van der Waals surface area contributed by atoms with Crippen molar-refractivity contribution in [2.75, 3.05) is 26.4 Å². The number of hydrogen-bond acceptors (Lipinski definition) is 15. The van der Waals surface area contributed by atoms with E-state index in [1.807, 2.05) is 0 Å². The van der Waals surface area contributed by atoms with Gasteiger partial charge in [0.25, 0.3) is 0 Å². The summed E-state index contributed by atoms with van der Waals surface area (Å²) in [6.07, 6.45) is -20.0. The van der Waals surface area contributed by atoms with Crippen LogP contribution in [0.2, 0.25) is 25.7 Å². The van der Waals surface area contributed by atoms with Crippen LogP contribution in [0.4, 0.5) is 0 Å². The molecule has 39 heavy (non-hydrogen) atoms. The minimum absolute atomic E-state index is 0.0416. The molecule has 14 atom stereocenters. The number of ether oxygens (including phenoxy) is 6. The van der Waals surface area contributed by atoms with E-state index in [2.05, 4.69) is 19.6 Å². The van der Waals surface area contributed by atoms with Crippen molar-refractivity contribution in [3.63, 3.8) is 0 Å². The van der Waals surface area contributed by atoms with Gasteiger partial charge in [0.2, 0.25) is 0 Å². The standard InChI is InChI=1S/C23H44O15Si/c1-39(2,3)5-4-33-21-10(27)6-11(12(7-24)35-21)34-22-19(32)17(30)20(14(9-26)37-22)38-23-18(31)16(29)15(28)13(8-25)36-23/h10-32H,4-9H2,1-3H3/t10-,11+,12-,13-,14-,15+,16+,17-,18-,19-,20+,21-,22-,23-/m1/s1. The van der Waals surface area contributed by atoms with Gasteiger partial charge in [0.05, 0.1) is 25.9 Å². The molecule has 15 nitrogen and oxygen atoms in total. The van der Waals surface area contributed by atoms with Crippen molar-refractivity contribution in [2.45, 2.75) is 118 Å². The fraction of sp³-hybridized carbons (Fsp3) is 1.00. The summed E-state index contributed by atoms with van der Waals surface area (Å²) < 4.78 is 33.6. The first-order chi connectivity index (χ1) is 18.3. The van der Waals surface area contributed by atoms with E-state index in [1.54, 1.807) is 0 Å². The van der Waals surface area contributed by atoms with E-state index >= 15 is 0 Å². The molecule has 0 aromatic carbocycles. The van der Waals surface area contributed by atoms with E-state index in [0.29, 0.717) is 6.61 Å². The highest BCUT2D eigenvalue weighted by molar-refractivity contribution is 6.76. The molecule has 0 radical (unpaired) electrons. The second kappa shape index (κ2) is 14.2. The Kier molecular flexibility index (Phi) is 12.1. The number of aliphatic hydroxyl groups excluding tert-OH is 9. The Morgan fingerprint density at radius 2 is 1.18 bits per heavy atom. The normalized spacial score (nSPS) is 45.8. The van der Waals surface area contributed by atoms with Crippen molar-refractivity contribution < 1.29 is 74.4 Å². The van der Waals surface area contributed by atoms with Gasteiger partial charge in [0.15, 0.2) is 18.9 Å². The van der Waals surface area contributed by atoms with Gasteiger partial charge in [-0.25, -0.2) is 0 Å². The third-order valence-corrected chi connectivity index (χ3v) is 8.80. The van der Waals surface area contributed by atoms with E-state index in [4.69, 9.17) is 28.4 Å². The Morgan fingerprint density at radius 1 is 0.641 bits per heavy atom. The van der Waals surface area contributed by atoms with Gasteiger partial charge in [-0.15, -0.1) is 0 Å². The van der Waals surface area contributed by atoms with Crippen LogP contribution in [0.1, 0.15) is 6.42 Å². The zero-order chi connectivity index (χ0) is 29.1. The molecule has 3 aliphatic rings. The molecule has 16 heteroatoms. The average molecular weight is 589 g/mol. The minimum Gasteiger partial charge on any atom is -0.394 e. The summed E-state index contributed by atoms with van der Waals surface area (Å²) in [6.45, 7) is 4.98. The summed E-state index contributed by atoms with van der Waals surface area (Å²) in [5.41, 5.74) is 0. The molecule has 3 saturated heterocycles. The quantitative estimate of drug-likeness (QED) is 0.104. The highest BCUT2D eigenvalue weighted by atomic mass is 28.3. The molecule has 0 spiro atoms. The predicted molar refractivity (Wildman–Crippen MR) is 132 cm³/mol. The van der Waals surface area contributed by atoms with Crippen LogP contribution in [0.3, 0.4) is 0 Å². The first-order valence-electron chi connectivity index (χ1n) is 13.1. The highest BCUT2D eigenvalue weighted by Crippen LogP contribution is 2.32. The maximum absolute atomic E-state index is 10.8. The average Bonchev–Trinajstić information content (AvgIpc) is 2.88. The SMILES string of the molecule is C[Si](C)(C)CCO[C@@H]1O[C@H](CO)[C@@H](O[C@@H]2O[C@H](CO)[C@H](O[C@H]3O[C@H](CO)[C@H](O)[C@H](O)[C@H]3O)[C@H](O)[C@H]2O)C[C@H]1O. The molecule has 230 valence electrons. The maximum Gasteiger partial charge on any atom is 0.187 e. The van der Waals surface area contributed by atoms with E-state index in [-0.39, 0.29) is 6.42 Å². The predicted octanol–water partition coefficient (Wildman–Crippen LogP) is -4.18. The van der Waals surface area contributed by atoms with Gasteiger partial charge in [-0.3, -0.25) is 0 Å². The van der Waals surface area contributed by atoms with Gasteiger partial charge in [-0.2, -0.15) is 0 Å². The van der Waals surface area contributed by atoms with Crippen molar-refractivity contribution in [1.29, 1.82) is 0 Å². The first-order valence-corrected chi connectivity index (χ1v) is 16.8. The molecule has 3 rings (SSSR count). The zero-order valence-corrected chi connectivity index (χ0v) is 23.3. The summed E-state index contributed by atoms with van der Waals surface area (Å²) in [5.74, 6) is 0. The van der Waals surface area contributed by atoms with Crippen LogP contribution < -0.4 is 0 Å². The molecule has 0 aromatic rings. The van der Waals surface area contributed by atoms with Crippen molar-refractivity contribution in [3.05, 3.63) is 0 Å². The van der Waals surface area contributed by atoms with Gasteiger partial charge in [0.1, 0.15) is 61.0 Å². The Bertz CT molecular complexity index is 739. The monoisotopic (exact) mass is 588 g/mol. The topological polar surface area (TPSA) is 237 Å². The molecule has 0 unspecified atom stereocenters. The minimum atomic E-state index is -1.78. The number of hydrogen-bond donors (Lipinski definition) is 9. The van der Waals surface area contributed by atoms with Crippen molar-refractivity contribution in [2.24, 2.45) is 0 Å². The lowest BCUT2D eigenvalue weighted by atomic mass is 9.96. The first kappa shape index (κ1) is 33.1. The summed E-state index contributed by atoms with van der Waals surface area (Å²) in [6, 6.07) is 0.845. The second-order valence-corrected chi connectivity index (χ2v) is 17.0. The van der Waals surface area contributed by atoms with Crippen LogP contribution in [0.15, 0.2) is 0 Å². The van der Waals surface area contributed by atoms with Crippen LogP contribution in [0.5, 0.6) is 0 Å². The van der Waals surface area contributed by atoms with Crippen molar-refractivity contribution in [1.82, 2.24) is 0 Å². The number of aliphatic hydroxyl groups is 9. The molecular formula is C23H44O15Si. The third kappa shape index (κ3) is 8.13. The zero-order valence-electron chi connectivity index (χ0n) is 22.3. The van der Waals surface area contributed by atoms with Gasteiger partial charge < -0.3 is 74.4 Å². The summed E-state index contributed by atoms with van der Waals surface area (Å²) in [5, 5.41) is 91.4. The van der Waals surface area contributed by atoms with E-state index < -0.39 is 114 Å². The van der Waals surface area contributed by atoms with Gasteiger partial charge >= 0.3 is 0 Å². The number of rotatable bonds is 11. The molecule has 0 aromatic heterocycles. The molecular weight excluding hydrogens is 544 g/mol. The van der Waals surface area contributed by atoms with E-state index in [1.165, 1.54) is 0 Å². The third-order valence-electron chi connectivity index (χ3n) is 7.09. The van der Waals surface area contributed by atoms with Gasteiger partial charge in [-0.1, -0.05) is 19.6 Å². The lowest BCUT2D eigenvalue weighted by Gasteiger charge is -2.47. The van der Waals surface area contributed by atoms with E-state index in [9.17, 15) is 46.0 Å². The fourth-order valence-electron chi connectivity index (χ4n) is 4.63. The fourth-order valence-corrected chi connectivity index (χ4v) is 5.36. The molecule has 0 saturated carbocycles. The highest BCUT2D eigenvalue weighted by Gasteiger charge is 2.52. The van der Waals surface area contributed by atoms with Crippen LogP contribution in [0.25, 0.3) is 0 Å². The summed E-state index contributed by atoms with van der Waals surface area (Å²) in [7, 11) is -1.38. The maximum atomic E-state index is 10.8. The van der Waals surface area contributed by atoms with Crippen LogP contribution in [0, 0.1) is 0 Å². The lowest BCUT2D eigenvalue weighted by Crippen LogP contribution is -2.65. The van der Waals surface area contributed by atoms with Crippen molar-refractivity contribution >= 4 is 8.07 Å². The molecule has 9 N–H and O–H groups in total. The molecule has 0 amide bonds. The van der Waals surface area contributed by atoms with Crippen LogP contribution in [-0.4, -0.2) is 166 Å². The summed E-state index contributed by atoms with van der Waals surface area (Å²) >= 11 is 0. The van der Waals surface area contributed by atoms with Crippen LogP contribution in [-0.2, 0) is 28.4 Å². The lowest BCUT2D eigenvalue weighted by molar-refractivity contribution is -0.371. The van der Waals surface area contributed by atoms with Gasteiger partial charge in [0, 0.05) is 21.1 Å². The summed E-state index contributed by atoms with van der Waals surface area (Å²) in [4.78, 5) is 0. The van der Waals surface area contributed by atoms with Crippen molar-refractivity contribution in [3.8, 4) is 0 Å². The Balaban J connectivity index is 1.62. The Morgan fingerprint density at radius 3 is 1.77 bits per heavy atom. The largest absolute Gasteiger partial charge is 0.394 e. The molecule has 3 fully saturated rings. The molecule has 3 aliphatic heterocycles. The second-order valence-electron chi connectivity index (χ2n) is 11.4. The van der Waals surface area contributed by atoms with Gasteiger partial charge in [-0.05, 0) is 6.04 Å². The van der Waals surface area contributed by atoms with Crippen LogP contribution >= 0.6 is 0 Å². The molecule has 3 heterocycles. The smallest absolute Gasteiger partial charge is 0.187 e. The molecule has 0 bridgehead atoms. The Hall–Kier alpha value is -0.383.